The number of fused-ring (bicyclic) bond motifs is 3. The van der Waals surface area contributed by atoms with E-state index in [1.165, 1.54) is 21.9 Å². The van der Waals surface area contributed by atoms with E-state index in [1.54, 1.807) is 0 Å². The van der Waals surface area contributed by atoms with Crippen molar-refractivity contribution in [3.63, 3.8) is 0 Å². The van der Waals surface area contributed by atoms with Gasteiger partial charge in [-0.15, -0.1) is 0 Å². The number of benzene rings is 2. The molecule has 18 heavy (non-hydrogen) atoms. The van der Waals surface area contributed by atoms with Crippen molar-refractivity contribution in [1.29, 1.82) is 0 Å². The van der Waals surface area contributed by atoms with Gasteiger partial charge in [0.1, 0.15) is 7.05 Å². The van der Waals surface area contributed by atoms with E-state index in [0.717, 1.165) is 6.42 Å². The molecular weight excluding hydrogens is 333 g/mol. The van der Waals surface area contributed by atoms with E-state index in [2.05, 4.69) is 68.1 Å². The van der Waals surface area contributed by atoms with Gasteiger partial charge in [-0.25, -0.2) is 4.58 Å². The number of hydrogen-bond donors (Lipinski definition) is 0. The van der Waals surface area contributed by atoms with Gasteiger partial charge in [-0.2, -0.15) is 0 Å². The van der Waals surface area contributed by atoms with Gasteiger partial charge in [-0.3, -0.25) is 0 Å². The highest BCUT2D eigenvalue weighted by Crippen LogP contribution is 2.29. The van der Waals surface area contributed by atoms with E-state index < -0.39 is 0 Å². The Bertz CT molecular complexity index is 626. The van der Waals surface area contributed by atoms with Crippen LogP contribution in [-0.2, 0) is 6.42 Å². The number of likely N-dealkylation sites (N-methyl/N-ethyl adjacent to an activating group) is 1. The first kappa shape index (κ1) is 13.5. The third kappa shape index (κ3) is 2.07. The molecule has 3 rings (SSSR count). The van der Waals surface area contributed by atoms with Crippen molar-refractivity contribution in [2.45, 2.75) is 25.8 Å². The highest BCUT2D eigenvalue weighted by Gasteiger charge is 2.33. The largest absolute Gasteiger partial charge is 1.00 e. The van der Waals surface area contributed by atoms with Crippen LogP contribution in [0.15, 0.2) is 36.4 Å². The molecule has 1 aliphatic rings. The third-order valence-corrected chi connectivity index (χ3v) is 3.97. The lowest BCUT2D eigenvalue weighted by Gasteiger charge is -2.26. The molecule has 94 valence electrons. The van der Waals surface area contributed by atoms with Crippen molar-refractivity contribution < 1.29 is 28.6 Å². The van der Waals surface area contributed by atoms with Crippen molar-refractivity contribution in [2.75, 3.05) is 7.05 Å². The minimum atomic E-state index is 0. The zero-order valence-corrected chi connectivity index (χ0v) is 13.2. The molecule has 0 aromatic heterocycles. The van der Waals surface area contributed by atoms with Crippen LogP contribution in [0.3, 0.4) is 0 Å². The second kappa shape index (κ2) is 4.65. The molecule has 1 heterocycles. The third-order valence-electron chi connectivity index (χ3n) is 3.97. The minimum absolute atomic E-state index is 0. The first-order chi connectivity index (χ1) is 8.08. The van der Waals surface area contributed by atoms with Crippen LogP contribution in [0.5, 0.6) is 0 Å². The van der Waals surface area contributed by atoms with Crippen LogP contribution in [-0.4, -0.2) is 23.4 Å². The lowest BCUT2D eigenvalue weighted by atomic mass is 9.85. The van der Waals surface area contributed by atoms with Gasteiger partial charge in [-0.1, -0.05) is 30.3 Å². The van der Waals surface area contributed by atoms with Crippen molar-refractivity contribution >= 4 is 17.0 Å². The fraction of sp³-hybridized carbons (Fsp3) is 0.312. The van der Waals surface area contributed by atoms with Crippen LogP contribution in [0.4, 0.5) is 0 Å². The summed E-state index contributed by atoms with van der Waals surface area (Å²) in [4.78, 5) is 0. The first-order valence-corrected chi connectivity index (χ1v) is 6.16. The second-order valence-electron chi connectivity index (χ2n) is 5.58. The van der Waals surface area contributed by atoms with E-state index in [4.69, 9.17) is 0 Å². The maximum atomic E-state index is 2.32. The molecule has 0 unspecified atom stereocenters. The molecule has 0 aliphatic carbocycles. The van der Waals surface area contributed by atoms with Gasteiger partial charge in [0.05, 0.1) is 0 Å². The molecule has 0 radical (unpaired) electrons. The molecule has 2 aromatic rings. The average molecular weight is 351 g/mol. The molecule has 0 spiro atoms. The van der Waals surface area contributed by atoms with Crippen LogP contribution in [0, 0.1) is 0 Å². The summed E-state index contributed by atoms with van der Waals surface area (Å²) in [7, 11) is 2.16. The molecule has 0 amide bonds. The minimum Gasteiger partial charge on any atom is -1.00 e. The van der Waals surface area contributed by atoms with Crippen LogP contribution in [0.25, 0.3) is 10.8 Å². The summed E-state index contributed by atoms with van der Waals surface area (Å²) < 4.78 is 2.32. The molecule has 0 N–H and O–H groups in total. The molecule has 1 nitrogen and oxygen atoms in total. The SMILES string of the molecule is C[N+]1=Cc2ccc3ccccc3c2CC1(C)C.[I-]. The normalized spacial score (nSPS) is 16.7. The van der Waals surface area contributed by atoms with E-state index in [9.17, 15) is 0 Å². The van der Waals surface area contributed by atoms with Crippen LogP contribution < -0.4 is 24.0 Å². The van der Waals surface area contributed by atoms with Gasteiger partial charge in [0.15, 0.2) is 11.8 Å². The van der Waals surface area contributed by atoms with Crippen LogP contribution in [0.2, 0.25) is 0 Å². The second-order valence-corrected chi connectivity index (χ2v) is 5.58. The quantitative estimate of drug-likeness (QED) is 0.473. The van der Waals surface area contributed by atoms with Gasteiger partial charge in [0.25, 0.3) is 0 Å². The Hall–Kier alpha value is -0.900. The molecule has 0 saturated heterocycles. The molecule has 0 atom stereocenters. The van der Waals surface area contributed by atoms with Gasteiger partial charge in [0, 0.05) is 25.8 Å². The van der Waals surface area contributed by atoms with E-state index in [0.29, 0.717) is 0 Å². The predicted octanol–water partition coefficient (Wildman–Crippen LogP) is 0.240. The molecule has 0 fully saturated rings. The van der Waals surface area contributed by atoms with Gasteiger partial charge in [-0.05, 0) is 22.4 Å². The topological polar surface area (TPSA) is 3.01 Å². The fourth-order valence-electron chi connectivity index (χ4n) is 2.61. The van der Waals surface area contributed by atoms with Gasteiger partial charge < -0.3 is 24.0 Å². The van der Waals surface area contributed by atoms with Crippen LogP contribution in [0.1, 0.15) is 25.0 Å². The standard InChI is InChI=1S/C16H18N.HI/c1-16(2)10-15-13(11-17(16)3)9-8-12-6-4-5-7-14(12)15;/h4-9,11H,10H2,1-3H3;1H/q+1;/p-1. The smallest absolute Gasteiger partial charge is 0.171 e. The number of hydrogen-bond acceptors (Lipinski definition) is 0. The maximum Gasteiger partial charge on any atom is 0.171 e. The summed E-state index contributed by atoms with van der Waals surface area (Å²) in [5.74, 6) is 0. The van der Waals surface area contributed by atoms with Crippen LogP contribution >= 0.6 is 0 Å². The lowest BCUT2D eigenvalue weighted by molar-refractivity contribution is -0.572. The highest BCUT2D eigenvalue weighted by molar-refractivity contribution is 5.93. The van der Waals surface area contributed by atoms with Crippen molar-refractivity contribution in [3.05, 3.63) is 47.5 Å². The zero-order valence-electron chi connectivity index (χ0n) is 11.1. The van der Waals surface area contributed by atoms with E-state index >= 15 is 0 Å². The average Bonchev–Trinajstić information content (AvgIpc) is 2.31. The Morgan fingerprint density at radius 3 is 2.56 bits per heavy atom. The zero-order chi connectivity index (χ0) is 12.0. The summed E-state index contributed by atoms with van der Waals surface area (Å²) in [6.45, 7) is 4.60. The van der Waals surface area contributed by atoms with Gasteiger partial charge in [0.2, 0.25) is 0 Å². The fourth-order valence-corrected chi connectivity index (χ4v) is 2.61. The maximum absolute atomic E-state index is 2.32. The molecular formula is C16H18IN. The number of nitrogens with zero attached hydrogens (tertiary/aromatic N) is 1. The Kier molecular flexibility index (Phi) is 3.49. The van der Waals surface area contributed by atoms with Crippen molar-refractivity contribution in [2.24, 2.45) is 0 Å². The first-order valence-electron chi connectivity index (χ1n) is 6.16. The molecule has 2 aromatic carbocycles. The monoisotopic (exact) mass is 351 g/mol. The predicted molar refractivity (Wildman–Crippen MR) is 73.1 cm³/mol. The molecule has 1 aliphatic heterocycles. The van der Waals surface area contributed by atoms with Gasteiger partial charge >= 0.3 is 0 Å². The van der Waals surface area contributed by atoms with E-state index in [-0.39, 0.29) is 29.5 Å². The number of rotatable bonds is 0. The molecule has 0 saturated carbocycles. The Balaban J connectivity index is 0.00000120. The highest BCUT2D eigenvalue weighted by atomic mass is 127. The summed E-state index contributed by atoms with van der Waals surface area (Å²) in [5.41, 5.74) is 3.06. The summed E-state index contributed by atoms with van der Waals surface area (Å²) in [6.07, 6.45) is 3.38. The van der Waals surface area contributed by atoms with Crippen molar-refractivity contribution in [1.82, 2.24) is 0 Å². The summed E-state index contributed by atoms with van der Waals surface area (Å²) in [6, 6.07) is 13.1. The van der Waals surface area contributed by atoms with Crippen molar-refractivity contribution in [3.8, 4) is 0 Å². The Morgan fingerprint density at radius 1 is 1.06 bits per heavy atom. The molecule has 0 bridgehead atoms. The Labute approximate surface area is 126 Å². The lowest BCUT2D eigenvalue weighted by Crippen LogP contribution is -3.00. The summed E-state index contributed by atoms with van der Waals surface area (Å²) in [5, 5.41) is 2.75. The number of halogens is 1. The summed E-state index contributed by atoms with van der Waals surface area (Å²) >= 11 is 0. The molecule has 2 heteroatoms. The Morgan fingerprint density at radius 2 is 1.78 bits per heavy atom. The van der Waals surface area contributed by atoms with E-state index in [1.807, 2.05) is 0 Å².